The molecule has 4 rings (SSSR count). The molecule has 0 radical (unpaired) electrons. The lowest BCUT2D eigenvalue weighted by Gasteiger charge is -2.18. The summed E-state index contributed by atoms with van der Waals surface area (Å²) < 4.78 is 17.7. The van der Waals surface area contributed by atoms with E-state index in [1.165, 1.54) is 22.7 Å². The van der Waals surface area contributed by atoms with Crippen molar-refractivity contribution in [2.75, 3.05) is 13.2 Å². The van der Waals surface area contributed by atoms with Crippen molar-refractivity contribution in [1.82, 2.24) is 0 Å². The first-order valence-electron chi connectivity index (χ1n) is 7.53. The average Bonchev–Trinajstić information content (AvgIpc) is 3.25. The zero-order valence-electron chi connectivity index (χ0n) is 13.0. The van der Waals surface area contributed by atoms with Gasteiger partial charge in [-0.3, -0.25) is 0 Å². The minimum atomic E-state index is 0.396. The summed E-state index contributed by atoms with van der Waals surface area (Å²) in [4.78, 5) is 1.02. The third-order valence-corrected chi connectivity index (χ3v) is 5.79. The largest absolute Gasteiger partial charge is 0.486 e. The molecule has 3 aromatic rings. The Bertz CT molecular complexity index is 958. The third kappa shape index (κ3) is 3.31. The van der Waals surface area contributed by atoms with E-state index < -0.39 is 0 Å². The van der Waals surface area contributed by atoms with Gasteiger partial charge in [-0.1, -0.05) is 17.7 Å². The molecule has 0 amide bonds. The second-order valence-corrected chi connectivity index (χ2v) is 7.92. The molecule has 1 aliphatic heterocycles. The third-order valence-electron chi connectivity index (χ3n) is 3.70. The quantitative estimate of drug-likeness (QED) is 0.603. The van der Waals surface area contributed by atoms with Crippen molar-refractivity contribution in [3.05, 3.63) is 50.5 Å². The Morgan fingerprint density at radius 3 is 2.76 bits per heavy atom. The molecule has 0 saturated heterocycles. The van der Waals surface area contributed by atoms with Crippen LogP contribution in [0.3, 0.4) is 0 Å². The van der Waals surface area contributed by atoms with Crippen LogP contribution >= 0.6 is 34.3 Å². The van der Waals surface area contributed by atoms with E-state index in [2.05, 4.69) is 6.07 Å². The summed E-state index contributed by atoms with van der Waals surface area (Å²) in [6, 6.07) is 11.7. The molecule has 0 fully saturated rings. The molecule has 0 N–H and O–H groups in total. The summed E-state index contributed by atoms with van der Waals surface area (Å²) >= 11 is 8.82. The van der Waals surface area contributed by atoms with Gasteiger partial charge in [-0.2, -0.15) is 5.26 Å². The van der Waals surface area contributed by atoms with Gasteiger partial charge in [0, 0.05) is 15.8 Å². The van der Waals surface area contributed by atoms with Crippen LogP contribution in [0.15, 0.2) is 35.7 Å². The van der Waals surface area contributed by atoms with Gasteiger partial charge in [0.25, 0.3) is 0 Å². The van der Waals surface area contributed by atoms with Gasteiger partial charge < -0.3 is 14.2 Å². The van der Waals surface area contributed by atoms with Crippen molar-refractivity contribution in [2.45, 2.75) is 6.61 Å². The van der Waals surface area contributed by atoms with Crippen LogP contribution in [-0.2, 0) is 6.61 Å². The zero-order chi connectivity index (χ0) is 17.2. The first-order valence-corrected chi connectivity index (χ1v) is 9.60. The molecular formula is C18H12ClNO3S2. The van der Waals surface area contributed by atoms with Gasteiger partial charge >= 0.3 is 0 Å². The molecule has 0 unspecified atom stereocenters. The standard InChI is InChI=1S/C18H12ClNO3S2/c19-17-4-2-12(25-17)9-23-18-13(8-20)14(10-24-18)11-1-3-15-16(7-11)22-6-5-21-15/h1-4,7,10H,5-6,9H2. The van der Waals surface area contributed by atoms with Crippen LogP contribution in [0.1, 0.15) is 10.4 Å². The van der Waals surface area contributed by atoms with Gasteiger partial charge in [0.05, 0.1) is 4.34 Å². The number of halogens is 1. The van der Waals surface area contributed by atoms with Crippen molar-refractivity contribution < 1.29 is 14.2 Å². The molecule has 7 heteroatoms. The summed E-state index contributed by atoms with van der Waals surface area (Å²) in [5, 5.41) is 12.1. The number of ether oxygens (including phenoxy) is 3. The van der Waals surface area contributed by atoms with Crippen LogP contribution in [0, 0.1) is 11.3 Å². The smallest absolute Gasteiger partial charge is 0.192 e. The number of hydrogen-bond donors (Lipinski definition) is 0. The van der Waals surface area contributed by atoms with Crippen LogP contribution < -0.4 is 14.2 Å². The maximum absolute atomic E-state index is 9.59. The summed E-state index contributed by atoms with van der Waals surface area (Å²) in [6.07, 6.45) is 0. The van der Waals surface area contributed by atoms with E-state index in [9.17, 15) is 5.26 Å². The Labute approximate surface area is 157 Å². The number of hydrogen-bond acceptors (Lipinski definition) is 6. The van der Waals surface area contributed by atoms with Crippen LogP contribution in [0.2, 0.25) is 4.34 Å². The topological polar surface area (TPSA) is 51.5 Å². The highest BCUT2D eigenvalue weighted by atomic mass is 35.5. The van der Waals surface area contributed by atoms with Gasteiger partial charge in [0.1, 0.15) is 31.5 Å². The number of fused-ring (bicyclic) bond motifs is 1. The molecule has 1 aromatic carbocycles. The van der Waals surface area contributed by atoms with Crippen LogP contribution in [0.25, 0.3) is 11.1 Å². The van der Waals surface area contributed by atoms with E-state index in [0.29, 0.717) is 36.2 Å². The normalized spacial score (nSPS) is 12.6. The summed E-state index contributed by atoms with van der Waals surface area (Å²) in [6.45, 7) is 1.48. The second kappa shape index (κ2) is 6.96. The lowest BCUT2D eigenvalue weighted by Crippen LogP contribution is -2.15. The Balaban J connectivity index is 1.60. The molecule has 25 heavy (non-hydrogen) atoms. The number of nitrogens with zero attached hydrogens (tertiary/aromatic N) is 1. The van der Waals surface area contributed by atoms with E-state index >= 15 is 0 Å². The molecule has 126 valence electrons. The Morgan fingerprint density at radius 1 is 1.16 bits per heavy atom. The van der Waals surface area contributed by atoms with Crippen molar-refractivity contribution >= 4 is 34.3 Å². The summed E-state index contributed by atoms with van der Waals surface area (Å²) in [5.41, 5.74) is 2.28. The Hall–Kier alpha value is -2.20. The first-order chi connectivity index (χ1) is 12.2. The highest BCUT2D eigenvalue weighted by Crippen LogP contribution is 2.41. The lowest BCUT2D eigenvalue weighted by molar-refractivity contribution is 0.171. The lowest BCUT2D eigenvalue weighted by atomic mass is 10.0. The van der Waals surface area contributed by atoms with E-state index in [0.717, 1.165) is 26.1 Å². The fraction of sp³-hybridized carbons (Fsp3) is 0.167. The monoisotopic (exact) mass is 389 g/mol. The molecule has 3 heterocycles. The predicted molar refractivity (Wildman–Crippen MR) is 99.1 cm³/mol. The summed E-state index contributed by atoms with van der Waals surface area (Å²) in [5.74, 6) is 1.43. The minimum absolute atomic E-state index is 0.396. The van der Waals surface area contributed by atoms with E-state index in [4.69, 9.17) is 25.8 Å². The predicted octanol–water partition coefficient (Wildman–Crippen LogP) is 5.35. The van der Waals surface area contributed by atoms with E-state index in [1.807, 2.05) is 35.7 Å². The molecule has 0 bridgehead atoms. The number of benzene rings is 1. The average molecular weight is 390 g/mol. The van der Waals surface area contributed by atoms with Crippen molar-refractivity contribution in [1.29, 1.82) is 5.26 Å². The molecule has 0 atom stereocenters. The van der Waals surface area contributed by atoms with Crippen molar-refractivity contribution in [2.24, 2.45) is 0 Å². The second-order valence-electron chi connectivity index (χ2n) is 5.28. The molecular weight excluding hydrogens is 378 g/mol. The van der Waals surface area contributed by atoms with Gasteiger partial charge in [-0.25, -0.2) is 0 Å². The molecule has 2 aromatic heterocycles. The van der Waals surface area contributed by atoms with Gasteiger partial charge in [0.15, 0.2) is 16.6 Å². The number of nitriles is 1. The fourth-order valence-corrected chi connectivity index (χ4v) is 4.42. The fourth-order valence-electron chi connectivity index (χ4n) is 2.54. The first kappa shape index (κ1) is 16.3. The van der Waals surface area contributed by atoms with Gasteiger partial charge in [0.2, 0.25) is 0 Å². The Morgan fingerprint density at radius 2 is 2.00 bits per heavy atom. The maximum Gasteiger partial charge on any atom is 0.192 e. The van der Waals surface area contributed by atoms with Gasteiger partial charge in [-0.05, 0) is 29.8 Å². The van der Waals surface area contributed by atoms with E-state index in [1.54, 1.807) is 0 Å². The molecule has 4 nitrogen and oxygen atoms in total. The zero-order valence-corrected chi connectivity index (χ0v) is 15.3. The number of rotatable bonds is 4. The highest BCUT2D eigenvalue weighted by molar-refractivity contribution is 7.16. The number of thiophene rings is 2. The molecule has 1 aliphatic rings. The van der Waals surface area contributed by atoms with Crippen LogP contribution in [0.5, 0.6) is 16.6 Å². The van der Waals surface area contributed by atoms with Crippen LogP contribution in [-0.4, -0.2) is 13.2 Å². The molecule has 0 spiro atoms. The van der Waals surface area contributed by atoms with Crippen molar-refractivity contribution in [3.8, 4) is 33.8 Å². The Kier molecular flexibility index (Phi) is 4.53. The maximum atomic E-state index is 9.59. The van der Waals surface area contributed by atoms with Crippen molar-refractivity contribution in [3.63, 3.8) is 0 Å². The molecule has 0 aliphatic carbocycles. The SMILES string of the molecule is N#Cc1c(-c2ccc3c(c2)OCCO3)csc1OCc1ccc(Cl)s1. The minimum Gasteiger partial charge on any atom is -0.486 e. The van der Waals surface area contributed by atoms with Gasteiger partial charge in [-0.15, -0.1) is 22.7 Å². The van der Waals surface area contributed by atoms with Crippen LogP contribution in [0.4, 0.5) is 0 Å². The summed E-state index contributed by atoms with van der Waals surface area (Å²) in [7, 11) is 0. The van der Waals surface area contributed by atoms with E-state index in [-0.39, 0.29) is 0 Å². The molecule has 0 saturated carbocycles. The highest BCUT2D eigenvalue weighted by Gasteiger charge is 2.18.